The van der Waals surface area contributed by atoms with E-state index < -0.39 is 0 Å². The van der Waals surface area contributed by atoms with Gasteiger partial charge in [-0.3, -0.25) is 4.57 Å². The summed E-state index contributed by atoms with van der Waals surface area (Å²) in [6.45, 7) is 0. The van der Waals surface area contributed by atoms with Crippen LogP contribution in [-0.2, 0) is 0 Å². The van der Waals surface area contributed by atoms with Crippen molar-refractivity contribution < 1.29 is 4.42 Å². The zero-order valence-electron chi connectivity index (χ0n) is 22.2. The highest BCUT2D eigenvalue weighted by Crippen LogP contribution is 2.41. The predicted octanol–water partition coefficient (Wildman–Crippen LogP) is 10.3. The molecular formula is C38H24N2O. The third-order valence-corrected chi connectivity index (χ3v) is 8.32. The van der Waals surface area contributed by atoms with Gasteiger partial charge in [0.15, 0.2) is 0 Å². The van der Waals surface area contributed by atoms with E-state index in [0.29, 0.717) is 0 Å². The largest absolute Gasteiger partial charge is 0.439 e. The fourth-order valence-corrected chi connectivity index (χ4v) is 6.51. The highest BCUT2D eigenvalue weighted by molar-refractivity contribution is 6.20. The Hall–Kier alpha value is -5.54. The molecule has 192 valence electrons. The van der Waals surface area contributed by atoms with E-state index in [4.69, 9.17) is 4.42 Å². The lowest BCUT2D eigenvalue weighted by Crippen LogP contribution is -1.92. The van der Waals surface area contributed by atoms with E-state index in [1.54, 1.807) is 0 Å². The molecule has 0 saturated heterocycles. The quantitative estimate of drug-likeness (QED) is 0.225. The summed E-state index contributed by atoms with van der Waals surface area (Å²) < 4.78 is 11.1. The van der Waals surface area contributed by atoms with Crippen LogP contribution in [0.5, 0.6) is 0 Å². The van der Waals surface area contributed by atoms with Crippen molar-refractivity contribution in [1.82, 2.24) is 9.13 Å². The topological polar surface area (TPSA) is 23.0 Å². The Morgan fingerprint density at radius 1 is 0.390 bits per heavy atom. The molecule has 0 radical (unpaired) electrons. The van der Waals surface area contributed by atoms with Crippen molar-refractivity contribution in [1.29, 1.82) is 0 Å². The van der Waals surface area contributed by atoms with E-state index in [-0.39, 0.29) is 0 Å². The Bertz CT molecular complexity index is 2410. The SMILES string of the molecule is c1ccc(-n2c3ccccc3c3cc(-c4ccc5oc6c(c5c4)c4ccccc4n6-c4ccccc4)ccc32)cc1. The number of benzene rings is 6. The first-order chi connectivity index (χ1) is 20.3. The molecule has 3 heterocycles. The van der Waals surface area contributed by atoms with Crippen LogP contribution in [0.4, 0.5) is 0 Å². The van der Waals surface area contributed by atoms with E-state index in [0.717, 1.165) is 33.3 Å². The predicted molar refractivity (Wildman–Crippen MR) is 170 cm³/mol. The minimum Gasteiger partial charge on any atom is -0.439 e. The smallest absolute Gasteiger partial charge is 0.213 e. The van der Waals surface area contributed by atoms with Crippen molar-refractivity contribution in [3.8, 4) is 22.5 Å². The normalized spacial score (nSPS) is 11.9. The Balaban J connectivity index is 1.29. The van der Waals surface area contributed by atoms with Crippen molar-refractivity contribution in [3.63, 3.8) is 0 Å². The van der Waals surface area contributed by atoms with Gasteiger partial charge in [-0.2, -0.15) is 0 Å². The fraction of sp³-hybridized carbons (Fsp3) is 0. The maximum Gasteiger partial charge on any atom is 0.213 e. The van der Waals surface area contributed by atoms with Crippen LogP contribution in [0, 0.1) is 0 Å². The molecule has 3 aromatic heterocycles. The number of hydrogen-bond donors (Lipinski definition) is 0. The maximum atomic E-state index is 6.55. The molecule has 0 atom stereocenters. The molecule has 3 nitrogen and oxygen atoms in total. The van der Waals surface area contributed by atoms with Crippen LogP contribution in [0.1, 0.15) is 0 Å². The van der Waals surface area contributed by atoms with Crippen molar-refractivity contribution in [3.05, 3.63) is 146 Å². The van der Waals surface area contributed by atoms with E-state index in [2.05, 4.69) is 149 Å². The first-order valence-electron chi connectivity index (χ1n) is 14.0. The number of nitrogens with zero attached hydrogens (tertiary/aromatic N) is 2. The second-order valence-corrected chi connectivity index (χ2v) is 10.6. The van der Waals surface area contributed by atoms with Crippen LogP contribution in [-0.4, -0.2) is 9.13 Å². The molecule has 9 rings (SSSR count). The molecule has 0 bridgehead atoms. The maximum absolute atomic E-state index is 6.55. The van der Waals surface area contributed by atoms with Crippen LogP contribution in [0.15, 0.2) is 150 Å². The standard InChI is InChI=1S/C38H24N2O/c1-3-11-27(12-4-1)39-33-17-9-7-15-29(33)31-23-25(19-21-35(31)39)26-20-22-36-32(24-26)37-30-16-8-10-18-34(30)40(38(37)41-36)28-13-5-2-6-14-28/h1-24H. The molecule has 3 heteroatoms. The first-order valence-corrected chi connectivity index (χ1v) is 14.0. The molecule has 6 aromatic carbocycles. The summed E-state index contributed by atoms with van der Waals surface area (Å²) in [5.74, 6) is 0. The second-order valence-electron chi connectivity index (χ2n) is 10.6. The summed E-state index contributed by atoms with van der Waals surface area (Å²) in [6.07, 6.45) is 0. The van der Waals surface area contributed by atoms with Crippen LogP contribution >= 0.6 is 0 Å². The first kappa shape index (κ1) is 22.3. The summed E-state index contributed by atoms with van der Waals surface area (Å²) in [6, 6.07) is 51.7. The van der Waals surface area contributed by atoms with Crippen LogP contribution in [0.2, 0.25) is 0 Å². The lowest BCUT2D eigenvalue weighted by atomic mass is 10.0. The van der Waals surface area contributed by atoms with Gasteiger partial charge in [0.05, 0.1) is 21.9 Å². The monoisotopic (exact) mass is 524 g/mol. The molecule has 9 aromatic rings. The summed E-state index contributed by atoms with van der Waals surface area (Å²) >= 11 is 0. The Morgan fingerprint density at radius 3 is 1.66 bits per heavy atom. The van der Waals surface area contributed by atoms with E-state index in [1.165, 1.54) is 44.0 Å². The lowest BCUT2D eigenvalue weighted by molar-refractivity contribution is 0.645. The molecule has 0 N–H and O–H groups in total. The lowest BCUT2D eigenvalue weighted by Gasteiger charge is -2.08. The van der Waals surface area contributed by atoms with Crippen molar-refractivity contribution in [2.24, 2.45) is 0 Å². The van der Waals surface area contributed by atoms with Crippen LogP contribution < -0.4 is 0 Å². The summed E-state index contributed by atoms with van der Waals surface area (Å²) in [4.78, 5) is 0. The van der Waals surface area contributed by atoms with Crippen LogP contribution in [0.25, 0.3) is 77.3 Å². The number of fused-ring (bicyclic) bond motifs is 8. The molecule has 0 fully saturated rings. The van der Waals surface area contributed by atoms with Gasteiger partial charge in [0.2, 0.25) is 5.71 Å². The van der Waals surface area contributed by atoms with Gasteiger partial charge in [0.1, 0.15) is 5.58 Å². The van der Waals surface area contributed by atoms with Crippen LogP contribution in [0.3, 0.4) is 0 Å². The Kier molecular flexibility index (Phi) is 4.61. The molecule has 0 aliphatic rings. The summed E-state index contributed by atoms with van der Waals surface area (Å²) in [5, 5.41) is 5.99. The Labute approximate surface area is 236 Å². The zero-order valence-corrected chi connectivity index (χ0v) is 22.2. The van der Waals surface area contributed by atoms with E-state index in [1.807, 2.05) is 6.07 Å². The number of para-hydroxylation sites is 4. The third kappa shape index (κ3) is 3.20. The highest BCUT2D eigenvalue weighted by atomic mass is 16.3. The van der Waals surface area contributed by atoms with E-state index >= 15 is 0 Å². The van der Waals surface area contributed by atoms with Gasteiger partial charge in [-0.1, -0.05) is 84.9 Å². The van der Waals surface area contributed by atoms with Crippen molar-refractivity contribution in [2.45, 2.75) is 0 Å². The van der Waals surface area contributed by atoms with Gasteiger partial charge >= 0.3 is 0 Å². The average molecular weight is 525 g/mol. The molecule has 0 amide bonds. The van der Waals surface area contributed by atoms with Gasteiger partial charge < -0.3 is 8.98 Å². The minimum atomic E-state index is 0.880. The molecular weight excluding hydrogens is 500 g/mol. The minimum absolute atomic E-state index is 0.880. The molecule has 0 unspecified atom stereocenters. The summed E-state index contributed by atoms with van der Waals surface area (Å²) in [7, 11) is 0. The second kappa shape index (κ2) is 8.48. The Morgan fingerprint density at radius 2 is 0.927 bits per heavy atom. The number of furan rings is 1. The van der Waals surface area contributed by atoms with Gasteiger partial charge in [0.25, 0.3) is 0 Å². The number of aromatic nitrogens is 2. The van der Waals surface area contributed by atoms with Gasteiger partial charge in [-0.25, -0.2) is 0 Å². The molecule has 0 aliphatic heterocycles. The number of hydrogen-bond acceptors (Lipinski definition) is 1. The van der Waals surface area contributed by atoms with Crippen molar-refractivity contribution >= 4 is 54.8 Å². The fourth-order valence-electron chi connectivity index (χ4n) is 6.51. The molecule has 0 saturated carbocycles. The van der Waals surface area contributed by atoms with E-state index in [9.17, 15) is 0 Å². The molecule has 41 heavy (non-hydrogen) atoms. The molecule has 0 aliphatic carbocycles. The van der Waals surface area contributed by atoms with Gasteiger partial charge in [0, 0.05) is 32.9 Å². The molecule has 0 spiro atoms. The average Bonchev–Trinajstić information content (AvgIpc) is 3.68. The van der Waals surface area contributed by atoms with Gasteiger partial charge in [-0.05, 0) is 71.8 Å². The third-order valence-electron chi connectivity index (χ3n) is 8.32. The summed E-state index contributed by atoms with van der Waals surface area (Å²) in [5.41, 5.74) is 9.98. The van der Waals surface area contributed by atoms with Crippen molar-refractivity contribution in [2.75, 3.05) is 0 Å². The van der Waals surface area contributed by atoms with Gasteiger partial charge in [-0.15, -0.1) is 0 Å². The number of rotatable bonds is 3. The zero-order chi connectivity index (χ0) is 26.9. The highest BCUT2D eigenvalue weighted by Gasteiger charge is 2.20.